The molecule has 0 saturated heterocycles. The Morgan fingerprint density at radius 1 is 1.13 bits per heavy atom. The highest BCUT2D eigenvalue weighted by Gasteiger charge is 2.11. The van der Waals surface area contributed by atoms with Gasteiger partial charge in [-0.1, -0.05) is 0 Å². The van der Waals surface area contributed by atoms with Crippen molar-refractivity contribution >= 4 is 0 Å². The van der Waals surface area contributed by atoms with Gasteiger partial charge in [0.15, 0.2) is 5.75 Å². The maximum Gasteiger partial charge on any atom is 0.223 e. The number of aliphatic hydroxyl groups is 2. The van der Waals surface area contributed by atoms with Gasteiger partial charge in [-0.3, -0.25) is 14.7 Å². The van der Waals surface area contributed by atoms with Crippen LogP contribution in [0.4, 0.5) is 0 Å². The first-order valence-corrected chi connectivity index (χ1v) is 7.39. The third-order valence-electron chi connectivity index (χ3n) is 3.52. The Balaban J connectivity index is 2.29. The van der Waals surface area contributed by atoms with Crippen molar-refractivity contribution in [3.8, 4) is 5.75 Å². The third-order valence-corrected chi connectivity index (χ3v) is 3.52. The van der Waals surface area contributed by atoms with E-state index in [1.54, 1.807) is 17.0 Å². The summed E-state index contributed by atoms with van der Waals surface area (Å²) in [4.78, 5) is 17.6. The molecule has 0 aliphatic heterocycles. The average molecular weight is 319 g/mol. The van der Waals surface area contributed by atoms with E-state index in [0.29, 0.717) is 31.9 Å². The minimum absolute atomic E-state index is 0.0350. The van der Waals surface area contributed by atoms with Crippen molar-refractivity contribution in [2.45, 2.75) is 13.1 Å². The summed E-state index contributed by atoms with van der Waals surface area (Å²) < 4.78 is 1.79. The Kier molecular flexibility index (Phi) is 6.28. The second-order valence-corrected chi connectivity index (χ2v) is 5.22. The highest BCUT2D eigenvalue weighted by atomic mass is 16.3. The molecule has 23 heavy (non-hydrogen) atoms. The molecule has 0 spiro atoms. The summed E-state index contributed by atoms with van der Waals surface area (Å²) in [5.41, 5.74) is 1.24. The number of rotatable bonds is 8. The molecule has 0 radical (unpaired) electrons. The molecule has 2 heterocycles. The zero-order valence-electron chi connectivity index (χ0n) is 12.8. The normalized spacial score (nSPS) is 11.1. The van der Waals surface area contributed by atoms with Crippen molar-refractivity contribution in [2.24, 2.45) is 0 Å². The fraction of sp³-hybridized carbons (Fsp3) is 0.375. The maximum absolute atomic E-state index is 11.8. The summed E-state index contributed by atoms with van der Waals surface area (Å²) >= 11 is 0. The minimum atomic E-state index is -0.445. The molecule has 0 aliphatic carbocycles. The monoisotopic (exact) mass is 319 g/mol. The molecule has 0 bridgehead atoms. The van der Waals surface area contributed by atoms with Gasteiger partial charge in [-0.15, -0.1) is 0 Å². The average Bonchev–Trinajstić information content (AvgIpc) is 2.53. The Bertz CT molecular complexity index is 667. The van der Waals surface area contributed by atoms with Gasteiger partial charge >= 0.3 is 0 Å². The van der Waals surface area contributed by atoms with Gasteiger partial charge in [0, 0.05) is 50.3 Å². The lowest BCUT2D eigenvalue weighted by Gasteiger charge is -2.23. The lowest BCUT2D eigenvalue weighted by molar-refractivity contribution is 0.153. The van der Waals surface area contributed by atoms with Crippen LogP contribution in [0.25, 0.3) is 0 Å². The highest BCUT2D eigenvalue weighted by molar-refractivity contribution is 5.22. The number of aromatic nitrogens is 2. The maximum atomic E-state index is 11.8. The van der Waals surface area contributed by atoms with Crippen molar-refractivity contribution in [3.05, 3.63) is 58.3 Å². The van der Waals surface area contributed by atoms with Gasteiger partial charge < -0.3 is 19.9 Å². The lowest BCUT2D eigenvalue weighted by atomic mass is 10.2. The van der Waals surface area contributed by atoms with Crippen LogP contribution in [0.1, 0.15) is 11.3 Å². The van der Waals surface area contributed by atoms with Crippen molar-refractivity contribution in [2.75, 3.05) is 26.3 Å². The third kappa shape index (κ3) is 4.88. The van der Waals surface area contributed by atoms with Crippen molar-refractivity contribution in [1.29, 1.82) is 0 Å². The van der Waals surface area contributed by atoms with Gasteiger partial charge in [-0.2, -0.15) is 0 Å². The Labute approximate surface area is 134 Å². The summed E-state index contributed by atoms with van der Waals surface area (Å²) in [6.45, 7) is 1.59. The van der Waals surface area contributed by atoms with Gasteiger partial charge in [0.05, 0.1) is 19.4 Å². The van der Waals surface area contributed by atoms with Crippen LogP contribution in [-0.4, -0.2) is 56.1 Å². The zero-order valence-corrected chi connectivity index (χ0v) is 12.8. The minimum Gasteiger partial charge on any atom is -0.503 e. The first-order valence-electron chi connectivity index (χ1n) is 7.39. The van der Waals surface area contributed by atoms with Gasteiger partial charge in [0.2, 0.25) is 5.43 Å². The van der Waals surface area contributed by atoms with Crippen LogP contribution in [0, 0.1) is 0 Å². The second kappa shape index (κ2) is 8.42. The number of hydrogen-bond donors (Lipinski definition) is 3. The molecule has 0 fully saturated rings. The molecule has 2 aromatic heterocycles. The van der Waals surface area contributed by atoms with Crippen LogP contribution in [-0.2, 0) is 13.1 Å². The Morgan fingerprint density at radius 3 is 2.39 bits per heavy atom. The summed E-state index contributed by atoms with van der Waals surface area (Å²) in [5.74, 6) is -0.307. The van der Waals surface area contributed by atoms with E-state index < -0.39 is 5.43 Å². The van der Waals surface area contributed by atoms with Crippen molar-refractivity contribution in [3.63, 3.8) is 0 Å². The van der Waals surface area contributed by atoms with Crippen molar-refractivity contribution in [1.82, 2.24) is 14.5 Å². The largest absolute Gasteiger partial charge is 0.503 e. The number of pyridine rings is 2. The van der Waals surface area contributed by atoms with Crippen LogP contribution in [0.3, 0.4) is 0 Å². The topological polar surface area (TPSA) is 98.8 Å². The number of aliphatic hydroxyl groups excluding tert-OH is 2. The summed E-state index contributed by atoms with van der Waals surface area (Å²) in [5, 5.41) is 27.9. The van der Waals surface area contributed by atoms with E-state index in [9.17, 15) is 9.90 Å². The quantitative estimate of drug-likeness (QED) is 0.622. The first kappa shape index (κ1) is 17.1. The van der Waals surface area contributed by atoms with Crippen LogP contribution < -0.4 is 5.43 Å². The van der Waals surface area contributed by atoms with Crippen LogP contribution >= 0.6 is 0 Å². The molecule has 3 N–H and O–H groups in total. The molecular weight excluding hydrogens is 298 g/mol. The predicted molar refractivity (Wildman–Crippen MR) is 85.2 cm³/mol. The molecule has 2 aromatic rings. The van der Waals surface area contributed by atoms with E-state index in [2.05, 4.69) is 4.98 Å². The molecule has 0 aliphatic rings. The predicted octanol–water partition coefficient (Wildman–Crippen LogP) is -0.216. The SMILES string of the molecule is O=c1cc(CN(CCO)CCO)n(Cc2ccncc2)cc1O. The van der Waals surface area contributed by atoms with Crippen LogP contribution in [0.2, 0.25) is 0 Å². The molecule has 0 unspecified atom stereocenters. The number of aromatic hydroxyl groups is 1. The van der Waals surface area contributed by atoms with Gasteiger partial charge in [-0.25, -0.2) is 0 Å². The molecule has 124 valence electrons. The van der Waals surface area contributed by atoms with E-state index in [-0.39, 0.29) is 19.0 Å². The second-order valence-electron chi connectivity index (χ2n) is 5.22. The van der Waals surface area contributed by atoms with Gasteiger partial charge in [0.1, 0.15) is 0 Å². The van der Waals surface area contributed by atoms with E-state index >= 15 is 0 Å². The fourth-order valence-corrected chi connectivity index (χ4v) is 2.35. The molecule has 7 nitrogen and oxygen atoms in total. The van der Waals surface area contributed by atoms with Crippen molar-refractivity contribution < 1.29 is 15.3 Å². The summed E-state index contributed by atoms with van der Waals surface area (Å²) in [6.07, 6.45) is 4.77. The molecule has 7 heteroatoms. The van der Waals surface area contributed by atoms with Gasteiger partial charge in [0.25, 0.3) is 0 Å². The smallest absolute Gasteiger partial charge is 0.223 e. The lowest BCUT2D eigenvalue weighted by Crippen LogP contribution is -2.31. The summed E-state index contributed by atoms with van der Waals surface area (Å²) in [7, 11) is 0. The molecule has 0 amide bonds. The zero-order chi connectivity index (χ0) is 16.7. The van der Waals surface area contributed by atoms with Crippen LogP contribution in [0.15, 0.2) is 41.6 Å². The molecular formula is C16H21N3O4. The standard InChI is InChI=1S/C16H21N3O4/c20-7-5-18(6-8-21)11-14-9-15(22)16(23)12-19(14)10-13-1-3-17-4-2-13/h1-4,9,12,20-21,23H,5-8,10-11H2. The Morgan fingerprint density at radius 2 is 1.78 bits per heavy atom. The van der Waals surface area contributed by atoms with E-state index in [1.807, 2.05) is 17.0 Å². The summed E-state index contributed by atoms with van der Waals surface area (Å²) in [6, 6.07) is 5.11. The van der Waals surface area contributed by atoms with E-state index in [1.165, 1.54) is 12.3 Å². The van der Waals surface area contributed by atoms with Gasteiger partial charge in [-0.05, 0) is 17.7 Å². The van der Waals surface area contributed by atoms with E-state index in [0.717, 1.165) is 5.56 Å². The molecule has 0 saturated carbocycles. The Hall–Kier alpha value is -2.22. The van der Waals surface area contributed by atoms with Crippen LogP contribution in [0.5, 0.6) is 5.75 Å². The highest BCUT2D eigenvalue weighted by Crippen LogP contribution is 2.11. The molecule has 2 rings (SSSR count). The fourth-order valence-electron chi connectivity index (χ4n) is 2.35. The number of nitrogens with zero attached hydrogens (tertiary/aromatic N) is 3. The molecule has 0 aromatic carbocycles. The molecule has 0 atom stereocenters. The first-order chi connectivity index (χ1) is 11.1. The number of hydrogen-bond acceptors (Lipinski definition) is 6. The van der Waals surface area contributed by atoms with E-state index in [4.69, 9.17) is 10.2 Å².